The summed E-state index contributed by atoms with van der Waals surface area (Å²) in [6, 6.07) is 5.58. The van der Waals surface area contributed by atoms with Crippen LogP contribution in [0.25, 0.3) is 11.4 Å². The van der Waals surface area contributed by atoms with E-state index in [1.54, 1.807) is 17.1 Å². The summed E-state index contributed by atoms with van der Waals surface area (Å²) in [4.78, 5) is 4.20. The summed E-state index contributed by atoms with van der Waals surface area (Å²) >= 11 is 5.82. The number of hydrogen-bond acceptors (Lipinski definition) is 2. The molecule has 2 rings (SSSR count). The highest BCUT2D eigenvalue weighted by Gasteiger charge is 2.10. The first-order valence-electron chi connectivity index (χ1n) is 4.95. The topological polar surface area (TPSA) is 30.7 Å². The van der Waals surface area contributed by atoms with Crippen molar-refractivity contribution in [3.63, 3.8) is 0 Å². The Morgan fingerprint density at radius 2 is 2.25 bits per heavy atom. The molecule has 3 nitrogen and oxygen atoms in total. The number of alkyl halides is 2. The Morgan fingerprint density at radius 1 is 1.38 bits per heavy atom. The summed E-state index contributed by atoms with van der Waals surface area (Å²) in [5.41, 5.74) is 2.36. The van der Waals surface area contributed by atoms with Crippen LogP contribution in [0.1, 0.15) is 5.56 Å². The predicted molar refractivity (Wildman–Crippen MR) is 61.0 cm³/mol. The number of hydrogen-bond donors (Lipinski definition) is 0. The fourth-order valence-electron chi connectivity index (χ4n) is 1.48. The third kappa shape index (κ3) is 2.22. The summed E-state index contributed by atoms with van der Waals surface area (Å²) in [6.07, 6.45) is 3.46. The number of halogens is 2. The minimum Gasteiger partial charge on any atom is -0.269 e. The summed E-state index contributed by atoms with van der Waals surface area (Å²) in [5.74, 6) is 0.345. The van der Waals surface area contributed by atoms with E-state index in [1.807, 2.05) is 18.2 Å². The Kier molecular flexibility index (Phi) is 3.51. The van der Waals surface area contributed by atoms with Crippen molar-refractivity contribution >= 4 is 11.6 Å². The van der Waals surface area contributed by atoms with E-state index >= 15 is 0 Å². The van der Waals surface area contributed by atoms with Gasteiger partial charge in [0.25, 0.3) is 0 Å². The van der Waals surface area contributed by atoms with Gasteiger partial charge in [0.2, 0.25) is 0 Å². The molecule has 0 aromatic carbocycles. The predicted octanol–water partition coefficient (Wildman–Crippen LogP) is 2.65. The van der Waals surface area contributed by atoms with Gasteiger partial charge in [-0.3, -0.25) is 9.67 Å². The van der Waals surface area contributed by atoms with E-state index in [2.05, 4.69) is 10.1 Å². The molecular weight excluding hydrogens is 229 g/mol. The molecule has 0 amide bonds. The lowest BCUT2D eigenvalue weighted by atomic mass is 10.2. The Hall–Kier alpha value is -1.42. The van der Waals surface area contributed by atoms with Gasteiger partial charge in [0.05, 0.1) is 18.1 Å². The van der Waals surface area contributed by atoms with Crippen LogP contribution >= 0.6 is 11.6 Å². The van der Waals surface area contributed by atoms with Gasteiger partial charge in [-0.05, 0) is 12.1 Å². The highest BCUT2D eigenvalue weighted by Crippen LogP contribution is 2.21. The van der Waals surface area contributed by atoms with Crippen molar-refractivity contribution in [2.75, 3.05) is 6.67 Å². The van der Waals surface area contributed by atoms with Crippen molar-refractivity contribution < 1.29 is 4.39 Å². The molecular formula is C11H11ClFN3. The van der Waals surface area contributed by atoms with E-state index < -0.39 is 6.67 Å². The van der Waals surface area contributed by atoms with Crippen LogP contribution < -0.4 is 0 Å². The van der Waals surface area contributed by atoms with Gasteiger partial charge in [-0.2, -0.15) is 5.10 Å². The summed E-state index contributed by atoms with van der Waals surface area (Å²) in [5, 5.41) is 4.27. The van der Waals surface area contributed by atoms with Crippen LogP contribution in [-0.4, -0.2) is 21.4 Å². The van der Waals surface area contributed by atoms with Crippen LogP contribution in [-0.2, 0) is 12.4 Å². The zero-order valence-corrected chi connectivity index (χ0v) is 9.36. The highest BCUT2D eigenvalue weighted by molar-refractivity contribution is 6.17. The highest BCUT2D eigenvalue weighted by atomic mass is 35.5. The van der Waals surface area contributed by atoms with Crippen molar-refractivity contribution in [1.29, 1.82) is 0 Å². The average molecular weight is 240 g/mol. The zero-order chi connectivity index (χ0) is 11.4. The van der Waals surface area contributed by atoms with E-state index in [9.17, 15) is 4.39 Å². The van der Waals surface area contributed by atoms with Crippen LogP contribution in [0.4, 0.5) is 4.39 Å². The molecule has 2 aromatic heterocycles. The van der Waals surface area contributed by atoms with Gasteiger partial charge < -0.3 is 0 Å². The molecule has 0 radical (unpaired) electrons. The second kappa shape index (κ2) is 5.07. The molecule has 2 heterocycles. The van der Waals surface area contributed by atoms with Crippen molar-refractivity contribution in [1.82, 2.24) is 14.8 Å². The summed E-state index contributed by atoms with van der Waals surface area (Å²) in [6.45, 7) is -0.193. The monoisotopic (exact) mass is 239 g/mol. The molecule has 16 heavy (non-hydrogen) atoms. The van der Waals surface area contributed by atoms with Crippen molar-refractivity contribution in [3.05, 3.63) is 36.2 Å². The molecule has 2 aromatic rings. The molecule has 0 spiro atoms. The first-order valence-corrected chi connectivity index (χ1v) is 5.48. The quantitative estimate of drug-likeness (QED) is 0.768. The van der Waals surface area contributed by atoms with E-state index in [0.717, 1.165) is 17.0 Å². The second-order valence-electron chi connectivity index (χ2n) is 3.30. The van der Waals surface area contributed by atoms with E-state index in [-0.39, 0.29) is 6.54 Å². The lowest BCUT2D eigenvalue weighted by Crippen LogP contribution is -1.99. The Balaban J connectivity index is 2.39. The molecule has 0 aliphatic rings. The van der Waals surface area contributed by atoms with Gasteiger partial charge in [0.15, 0.2) is 0 Å². The molecule has 0 fully saturated rings. The number of nitrogens with zero attached hydrogens (tertiary/aromatic N) is 3. The maximum atomic E-state index is 12.2. The smallest absolute Gasteiger partial charge is 0.115 e. The SMILES string of the molecule is FCCn1cc(CCl)c(-c2ccccn2)n1. The fourth-order valence-corrected chi connectivity index (χ4v) is 1.68. The number of pyridine rings is 1. The molecule has 0 saturated carbocycles. The minimum absolute atomic E-state index is 0.247. The maximum absolute atomic E-state index is 12.2. The van der Waals surface area contributed by atoms with Gasteiger partial charge in [0, 0.05) is 18.0 Å². The molecule has 84 valence electrons. The number of aromatic nitrogens is 3. The molecule has 0 aliphatic heterocycles. The van der Waals surface area contributed by atoms with Gasteiger partial charge >= 0.3 is 0 Å². The molecule has 0 atom stereocenters. The third-order valence-electron chi connectivity index (χ3n) is 2.20. The lowest BCUT2D eigenvalue weighted by molar-refractivity contribution is 0.427. The van der Waals surface area contributed by atoms with Crippen molar-refractivity contribution in [2.24, 2.45) is 0 Å². The van der Waals surface area contributed by atoms with Gasteiger partial charge in [0.1, 0.15) is 12.4 Å². The lowest BCUT2D eigenvalue weighted by Gasteiger charge is -1.97. The Morgan fingerprint density at radius 3 is 2.88 bits per heavy atom. The molecule has 0 bridgehead atoms. The second-order valence-corrected chi connectivity index (χ2v) is 3.57. The number of aryl methyl sites for hydroxylation is 1. The molecule has 0 unspecified atom stereocenters. The maximum Gasteiger partial charge on any atom is 0.115 e. The van der Waals surface area contributed by atoms with E-state index in [1.165, 1.54) is 0 Å². The van der Waals surface area contributed by atoms with Crippen LogP contribution in [0.3, 0.4) is 0 Å². The van der Waals surface area contributed by atoms with Crippen LogP contribution in [0.15, 0.2) is 30.6 Å². The zero-order valence-electron chi connectivity index (χ0n) is 8.61. The molecule has 0 saturated heterocycles. The van der Waals surface area contributed by atoms with E-state index in [4.69, 9.17) is 11.6 Å². The van der Waals surface area contributed by atoms with Crippen molar-refractivity contribution in [2.45, 2.75) is 12.4 Å². The van der Waals surface area contributed by atoms with Gasteiger partial charge in [-0.1, -0.05) is 6.07 Å². The Bertz CT molecular complexity index is 456. The Labute approximate surface area is 97.9 Å². The first-order chi connectivity index (χ1) is 7.85. The normalized spacial score (nSPS) is 10.6. The van der Waals surface area contributed by atoms with Gasteiger partial charge in [-0.25, -0.2) is 4.39 Å². The molecule has 0 N–H and O–H groups in total. The van der Waals surface area contributed by atoms with Crippen LogP contribution in [0.5, 0.6) is 0 Å². The fraction of sp³-hybridized carbons (Fsp3) is 0.273. The summed E-state index contributed by atoms with van der Waals surface area (Å²) < 4.78 is 13.8. The minimum atomic E-state index is -0.439. The van der Waals surface area contributed by atoms with Crippen LogP contribution in [0, 0.1) is 0 Å². The van der Waals surface area contributed by atoms with Gasteiger partial charge in [-0.15, -0.1) is 11.6 Å². The molecule has 0 aliphatic carbocycles. The van der Waals surface area contributed by atoms with E-state index in [0.29, 0.717) is 5.88 Å². The summed E-state index contributed by atoms with van der Waals surface area (Å²) in [7, 11) is 0. The first kappa shape index (κ1) is 11.1. The van der Waals surface area contributed by atoms with Crippen molar-refractivity contribution in [3.8, 4) is 11.4 Å². The number of rotatable bonds is 4. The third-order valence-corrected chi connectivity index (χ3v) is 2.49. The largest absolute Gasteiger partial charge is 0.269 e. The van der Waals surface area contributed by atoms with Crippen LogP contribution in [0.2, 0.25) is 0 Å². The average Bonchev–Trinajstić information content (AvgIpc) is 2.74. The molecule has 5 heteroatoms. The standard InChI is InChI=1S/C11H11ClFN3/c12-7-9-8-16(6-4-13)15-11(9)10-3-1-2-5-14-10/h1-3,5,8H,4,6-7H2.